The zero-order valence-electron chi connectivity index (χ0n) is 15.2. The second-order valence-electron chi connectivity index (χ2n) is 6.94. The van der Waals surface area contributed by atoms with Crippen LogP contribution >= 0.6 is 0 Å². The molecule has 26 heavy (non-hydrogen) atoms. The van der Waals surface area contributed by atoms with Crippen molar-refractivity contribution in [2.24, 2.45) is 0 Å². The first-order chi connectivity index (χ1) is 12.7. The minimum atomic E-state index is 0.193. The average Bonchev–Trinajstić information content (AvgIpc) is 2.68. The lowest BCUT2D eigenvalue weighted by molar-refractivity contribution is 0.415. The third-order valence-corrected chi connectivity index (χ3v) is 4.74. The van der Waals surface area contributed by atoms with Crippen LogP contribution < -0.4 is 4.74 Å². The van der Waals surface area contributed by atoms with E-state index in [4.69, 9.17) is 4.74 Å². The summed E-state index contributed by atoms with van der Waals surface area (Å²) in [5.74, 6) is 2.12. The van der Waals surface area contributed by atoms with Crippen LogP contribution in [-0.4, -0.2) is 25.5 Å². The Bertz CT molecular complexity index is 913. The zero-order chi connectivity index (χ0) is 17.9. The number of hydrogen-bond acceptors (Lipinski definition) is 2. The molecular weight excluding hydrogens is 318 g/mol. The maximum atomic E-state index is 6.44. The van der Waals surface area contributed by atoms with E-state index in [0.717, 1.165) is 23.6 Å². The quantitative estimate of drug-likeness (QED) is 0.648. The fourth-order valence-electron chi connectivity index (χ4n) is 3.67. The second kappa shape index (κ2) is 7.19. The van der Waals surface area contributed by atoms with Gasteiger partial charge in [0.05, 0.1) is 0 Å². The van der Waals surface area contributed by atoms with Gasteiger partial charge in [-0.15, -0.1) is 0 Å². The summed E-state index contributed by atoms with van der Waals surface area (Å²) in [6.45, 7) is 0.845. The Kier molecular flexibility index (Phi) is 4.59. The molecule has 1 heterocycles. The van der Waals surface area contributed by atoms with E-state index in [2.05, 4.69) is 91.8 Å². The lowest BCUT2D eigenvalue weighted by Crippen LogP contribution is -2.25. The van der Waals surface area contributed by atoms with Crippen molar-refractivity contribution in [2.75, 3.05) is 20.6 Å². The first-order valence-electron chi connectivity index (χ1n) is 8.99. The van der Waals surface area contributed by atoms with E-state index in [1.807, 2.05) is 12.1 Å². The van der Waals surface area contributed by atoms with Gasteiger partial charge in [0, 0.05) is 23.6 Å². The lowest BCUT2D eigenvalue weighted by atomic mass is 9.81. The largest absolute Gasteiger partial charge is 0.456 e. The van der Waals surface area contributed by atoms with Crippen LogP contribution in [0.25, 0.3) is 5.76 Å². The number of nitrogens with zero attached hydrogens (tertiary/aromatic N) is 1. The Balaban J connectivity index is 1.95. The van der Waals surface area contributed by atoms with Crippen LogP contribution in [0.2, 0.25) is 0 Å². The van der Waals surface area contributed by atoms with Crippen molar-refractivity contribution in [3.63, 3.8) is 0 Å². The number of rotatable bonds is 4. The maximum Gasteiger partial charge on any atom is 0.136 e. The van der Waals surface area contributed by atoms with E-state index in [1.165, 1.54) is 16.7 Å². The first-order valence-corrected chi connectivity index (χ1v) is 8.99. The Labute approximate surface area is 155 Å². The molecule has 1 aliphatic rings. The zero-order valence-corrected chi connectivity index (χ0v) is 15.2. The Morgan fingerprint density at radius 2 is 1.38 bits per heavy atom. The van der Waals surface area contributed by atoms with Crippen molar-refractivity contribution in [1.29, 1.82) is 0 Å². The molecule has 1 atom stereocenters. The summed E-state index contributed by atoms with van der Waals surface area (Å²) in [4.78, 5) is 2.21. The van der Waals surface area contributed by atoms with Crippen LogP contribution in [0.4, 0.5) is 0 Å². The van der Waals surface area contributed by atoms with Gasteiger partial charge in [-0.25, -0.2) is 0 Å². The lowest BCUT2D eigenvalue weighted by Gasteiger charge is -2.33. The molecule has 0 bridgehead atoms. The molecule has 3 aromatic carbocycles. The Morgan fingerprint density at radius 3 is 2.08 bits per heavy atom. The van der Waals surface area contributed by atoms with Gasteiger partial charge in [-0.3, -0.25) is 0 Å². The number of benzene rings is 3. The maximum absolute atomic E-state index is 6.44. The fourth-order valence-corrected chi connectivity index (χ4v) is 3.67. The molecule has 2 heteroatoms. The molecule has 1 aliphatic heterocycles. The van der Waals surface area contributed by atoms with Crippen LogP contribution in [0.15, 0.2) is 90.5 Å². The summed E-state index contributed by atoms with van der Waals surface area (Å²) in [7, 11) is 4.22. The van der Waals surface area contributed by atoms with Gasteiger partial charge in [-0.1, -0.05) is 78.9 Å². The smallest absolute Gasteiger partial charge is 0.136 e. The highest BCUT2D eigenvalue weighted by Crippen LogP contribution is 2.45. The summed E-state index contributed by atoms with van der Waals surface area (Å²) in [5, 5.41) is 0. The van der Waals surface area contributed by atoms with Gasteiger partial charge in [-0.05, 0) is 31.3 Å². The van der Waals surface area contributed by atoms with Crippen molar-refractivity contribution < 1.29 is 4.74 Å². The van der Waals surface area contributed by atoms with E-state index in [-0.39, 0.29) is 5.92 Å². The molecule has 0 saturated heterocycles. The normalized spacial score (nSPS) is 16.3. The minimum Gasteiger partial charge on any atom is -0.456 e. The Morgan fingerprint density at radius 1 is 0.769 bits per heavy atom. The van der Waals surface area contributed by atoms with Gasteiger partial charge in [0.1, 0.15) is 11.5 Å². The van der Waals surface area contributed by atoms with Crippen molar-refractivity contribution in [2.45, 2.75) is 5.92 Å². The van der Waals surface area contributed by atoms with Gasteiger partial charge >= 0.3 is 0 Å². The number of para-hydroxylation sites is 1. The van der Waals surface area contributed by atoms with Crippen molar-refractivity contribution in [1.82, 2.24) is 4.90 Å². The highest BCUT2D eigenvalue weighted by Gasteiger charge is 2.31. The molecule has 0 unspecified atom stereocenters. The summed E-state index contributed by atoms with van der Waals surface area (Å²) >= 11 is 0. The summed E-state index contributed by atoms with van der Waals surface area (Å²) in [6, 6.07) is 29.5. The van der Waals surface area contributed by atoms with E-state index in [1.54, 1.807) is 0 Å². The average molecular weight is 341 g/mol. The van der Waals surface area contributed by atoms with E-state index >= 15 is 0 Å². The summed E-state index contributed by atoms with van der Waals surface area (Å²) in [6.07, 6.45) is 0. The molecule has 0 fully saturated rings. The highest BCUT2D eigenvalue weighted by atomic mass is 16.5. The summed E-state index contributed by atoms with van der Waals surface area (Å²) in [5.41, 5.74) is 4.95. The van der Waals surface area contributed by atoms with Gasteiger partial charge in [-0.2, -0.15) is 0 Å². The third kappa shape index (κ3) is 3.16. The summed E-state index contributed by atoms with van der Waals surface area (Å²) < 4.78 is 6.44. The standard InChI is InChI=1S/C24H23NO/c1-25(2)17-21-23(18-11-5-3-6-12-18)20-15-9-10-16-22(20)26-24(21)19-13-7-4-8-14-19/h3-16,23H,17H2,1-2H3/t23-/m1/s1. The van der Waals surface area contributed by atoms with Gasteiger partial charge in [0.2, 0.25) is 0 Å². The predicted octanol–water partition coefficient (Wildman–Crippen LogP) is 5.18. The molecule has 0 saturated carbocycles. The van der Waals surface area contributed by atoms with Crippen molar-refractivity contribution in [3.05, 3.63) is 107 Å². The van der Waals surface area contributed by atoms with Crippen LogP contribution in [0.3, 0.4) is 0 Å². The molecule has 0 N–H and O–H groups in total. The molecule has 0 spiro atoms. The van der Waals surface area contributed by atoms with Gasteiger partial charge in [0.25, 0.3) is 0 Å². The van der Waals surface area contributed by atoms with Crippen molar-refractivity contribution in [3.8, 4) is 5.75 Å². The molecular formula is C24H23NO. The molecule has 0 radical (unpaired) electrons. The van der Waals surface area contributed by atoms with Crippen LogP contribution in [-0.2, 0) is 0 Å². The first kappa shape index (κ1) is 16.6. The molecule has 0 amide bonds. The van der Waals surface area contributed by atoms with Crippen LogP contribution in [0.1, 0.15) is 22.6 Å². The topological polar surface area (TPSA) is 12.5 Å². The monoisotopic (exact) mass is 341 g/mol. The Hall–Kier alpha value is -2.84. The number of fused-ring (bicyclic) bond motifs is 1. The van der Waals surface area contributed by atoms with E-state index in [9.17, 15) is 0 Å². The van der Waals surface area contributed by atoms with Gasteiger partial charge in [0.15, 0.2) is 0 Å². The minimum absolute atomic E-state index is 0.193. The SMILES string of the molecule is CN(C)CC1=C(c2ccccc2)Oc2ccccc2[C@H]1c1ccccc1. The molecule has 3 aromatic rings. The van der Waals surface area contributed by atoms with Crippen LogP contribution in [0.5, 0.6) is 5.75 Å². The third-order valence-electron chi connectivity index (χ3n) is 4.74. The molecule has 130 valence electrons. The second-order valence-corrected chi connectivity index (χ2v) is 6.94. The van der Waals surface area contributed by atoms with Gasteiger partial charge < -0.3 is 9.64 Å². The number of ether oxygens (including phenoxy) is 1. The van der Waals surface area contributed by atoms with Crippen molar-refractivity contribution >= 4 is 5.76 Å². The predicted molar refractivity (Wildman–Crippen MR) is 107 cm³/mol. The van der Waals surface area contributed by atoms with Crippen LogP contribution in [0, 0.1) is 0 Å². The molecule has 2 nitrogen and oxygen atoms in total. The molecule has 0 aromatic heterocycles. The molecule has 0 aliphatic carbocycles. The fraction of sp³-hybridized carbons (Fsp3) is 0.167. The number of hydrogen-bond donors (Lipinski definition) is 0. The van der Waals surface area contributed by atoms with E-state index in [0.29, 0.717) is 0 Å². The highest BCUT2D eigenvalue weighted by molar-refractivity contribution is 5.72. The molecule has 4 rings (SSSR count). The van der Waals surface area contributed by atoms with E-state index < -0.39 is 0 Å². The number of likely N-dealkylation sites (N-methyl/N-ethyl adjacent to an activating group) is 1.